The molecule has 3 rings (SSSR count). The van der Waals surface area contributed by atoms with Gasteiger partial charge in [-0.3, -0.25) is 4.79 Å². The Morgan fingerprint density at radius 1 is 1.25 bits per heavy atom. The van der Waals surface area contributed by atoms with Crippen LogP contribution in [0.2, 0.25) is 10.0 Å². The smallest absolute Gasteiger partial charge is 0.279 e. The summed E-state index contributed by atoms with van der Waals surface area (Å²) >= 11 is 12.1. The molecule has 0 aliphatic heterocycles. The number of rotatable bonds is 4. The number of nitrogens with one attached hydrogen (secondary N) is 2. The van der Waals surface area contributed by atoms with E-state index in [1.54, 1.807) is 18.2 Å². The number of hydrogen-bond acceptors (Lipinski definition) is 1. The van der Waals surface area contributed by atoms with Crippen molar-refractivity contribution >= 4 is 34.8 Å². The number of halogens is 2. The van der Waals surface area contributed by atoms with Gasteiger partial charge in [0.05, 0.1) is 17.8 Å². The number of aryl methyl sites for hydroxylation is 1. The van der Waals surface area contributed by atoms with Crippen LogP contribution in [-0.4, -0.2) is 19.5 Å². The zero-order chi connectivity index (χ0) is 17.1. The molecule has 1 unspecified atom stereocenters. The first-order chi connectivity index (χ1) is 11.5. The van der Waals surface area contributed by atoms with Crippen LogP contribution in [0, 0.1) is 0 Å². The second-order valence-electron chi connectivity index (χ2n) is 6.34. The molecule has 2 aromatic carbocycles. The number of quaternary nitrogens is 1. The first-order valence-electron chi connectivity index (χ1n) is 8.19. The number of benzene rings is 2. The van der Waals surface area contributed by atoms with Crippen molar-refractivity contribution in [1.82, 2.24) is 0 Å². The molecule has 1 aliphatic rings. The topological polar surface area (TPSA) is 33.5 Å². The fourth-order valence-electron chi connectivity index (χ4n) is 3.43. The van der Waals surface area contributed by atoms with Gasteiger partial charge < -0.3 is 10.2 Å². The maximum Gasteiger partial charge on any atom is 0.279 e. The average Bonchev–Trinajstić information content (AvgIpc) is 2.57. The Morgan fingerprint density at radius 2 is 2.04 bits per heavy atom. The Bertz CT molecular complexity index is 748. The van der Waals surface area contributed by atoms with E-state index in [4.69, 9.17) is 23.2 Å². The summed E-state index contributed by atoms with van der Waals surface area (Å²) in [6.45, 7) is 0.391. The van der Waals surface area contributed by atoms with Crippen molar-refractivity contribution in [3.63, 3.8) is 0 Å². The quantitative estimate of drug-likeness (QED) is 0.855. The van der Waals surface area contributed by atoms with E-state index < -0.39 is 0 Å². The third kappa shape index (κ3) is 3.92. The number of carbonyl (C=O) groups is 1. The minimum atomic E-state index is -0.0558. The van der Waals surface area contributed by atoms with Gasteiger partial charge in [-0.15, -0.1) is 0 Å². The first-order valence-corrected chi connectivity index (χ1v) is 8.95. The molecule has 126 valence electrons. The van der Waals surface area contributed by atoms with Crippen LogP contribution in [0.15, 0.2) is 42.5 Å². The summed E-state index contributed by atoms with van der Waals surface area (Å²) in [5.41, 5.74) is 3.34. The van der Waals surface area contributed by atoms with Gasteiger partial charge in [-0.2, -0.15) is 0 Å². The van der Waals surface area contributed by atoms with Crippen LogP contribution in [0.3, 0.4) is 0 Å². The molecule has 24 heavy (non-hydrogen) atoms. The highest BCUT2D eigenvalue weighted by Gasteiger charge is 2.28. The van der Waals surface area contributed by atoms with Crippen LogP contribution in [0.5, 0.6) is 0 Å². The zero-order valence-corrected chi connectivity index (χ0v) is 15.1. The van der Waals surface area contributed by atoms with Gasteiger partial charge in [0.15, 0.2) is 6.54 Å². The summed E-state index contributed by atoms with van der Waals surface area (Å²) < 4.78 is 0. The molecule has 0 heterocycles. The molecular formula is C19H21Cl2N2O+. The number of anilines is 1. The van der Waals surface area contributed by atoms with Gasteiger partial charge in [0, 0.05) is 17.0 Å². The maximum absolute atomic E-state index is 12.4. The maximum atomic E-state index is 12.4. The molecule has 2 aromatic rings. The van der Waals surface area contributed by atoms with Crippen LogP contribution in [0.25, 0.3) is 0 Å². The molecule has 2 atom stereocenters. The van der Waals surface area contributed by atoms with Gasteiger partial charge in [-0.1, -0.05) is 47.5 Å². The molecular weight excluding hydrogens is 343 g/mol. The highest BCUT2D eigenvalue weighted by atomic mass is 35.5. The molecule has 0 radical (unpaired) electrons. The van der Waals surface area contributed by atoms with E-state index in [1.807, 2.05) is 0 Å². The monoisotopic (exact) mass is 363 g/mol. The van der Waals surface area contributed by atoms with Crippen molar-refractivity contribution in [3.8, 4) is 0 Å². The van der Waals surface area contributed by atoms with Crippen molar-refractivity contribution in [2.24, 2.45) is 0 Å². The minimum absolute atomic E-state index is 0.0558. The lowest BCUT2D eigenvalue weighted by Gasteiger charge is -2.30. The normalized spacial score (nSPS) is 17.9. The van der Waals surface area contributed by atoms with E-state index >= 15 is 0 Å². The number of carbonyl (C=O) groups excluding carboxylic acids is 1. The van der Waals surface area contributed by atoms with Gasteiger partial charge in [0.1, 0.15) is 6.04 Å². The van der Waals surface area contributed by atoms with Crippen molar-refractivity contribution in [1.29, 1.82) is 0 Å². The lowest BCUT2D eigenvalue weighted by Crippen LogP contribution is -3.10. The SMILES string of the molecule is C[NH+](CC(=O)Nc1cc(Cl)ccc1Cl)[C@H]1CCCc2ccccc21. The Labute approximate surface area is 152 Å². The number of hydrogen-bond donors (Lipinski definition) is 2. The Balaban J connectivity index is 1.68. The zero-order valence-electron chi connectivity index (χ0n) is 13.6. The molecule has 1 aliphatic carbocycles. The Morgan fingerprint density at radius 3 is 2.88 bits per heavy atom. The molecule has 0 saturated heterocycles. The molecule has 0 fully saturated rings. The van der Waals surface area contributed by atoms with Crippen molar-refractivity contribution in [3.05, 3.63) is 63.6 Å². The molecule has 0 spiro atoms. The summed E-state index contributed by atoms with van der Waals surface area (Å²) in [4.78, 5) is 13.6. The van der Waals surface area contributed by atoms with Crippen molar-refractivity contribution < 1.29 is 9.69 Å². The van der Waals surface area contributed by atoms with Crippen LogP contribution in [-0.2, 0) is 11.2 Å². The van der Waals surface area contributed by atoms with Gasteiger partial charge in [-0.25, -0.2) is 0 Å². The minimum Gasteiger partial charge on any atom is -0.323 e. The number of amides is 1. The number of likely N-dealkylation sites (N-methyl/N-ethyl adjacent to an activating group) is 1. The highest BCUT2D eigenvalue weighted by molar-refractivity contribution is 6.35. The molecule has 0 saturated carbocycles. The molecule has 3 nitrogen and oxygen atoms in total. The lowest BCUT2D eigenvalue weighted by molar-refractivity contribution is -0.905. The van der Waals surface area contributed by atoms with Gasteiger partial charge >= 0.3 is 0 Å². The summed E-state index contributed by atoms with van der Waals surface area (Å²) in [5.74, 6) is -0.0558. The predicted octanol–water partition coefficient (Wildman–Crippen LogP) is 3.52. The first kappa shape index (κ1) is 17.3. The van der Waals surface area contributed by atoms with Crippen LogP contribution >= 0.6 is 23.2 Å². The molecule has 1 amide bonds. The van der Waals surface area contributed by atoms with E-state index in [0.717, 1.165) is 12.8 Å². The molecule has 5 heteroatoms. The van der Waals surface area contributed by atoms with Gasteiger partial charge in [-0.05, 0) is 36.6 Å². The second-order valence-corrected chi connectivity index (χ2v) is 7.18. The summed E-state index contributed by atoms with van der Waals surface area (Å²) in [6.07, 6.45) is 3.40. The third-order valence-electron chi connectivity index (χ3n) is 4.61. The van der Waals surface area contributed by atoms with E-state index in [2.05, 4.69) is 36.6 Å². The van der Waals surface area contributed by atoms with Crippen LogP contribution < -0.4 is 10.2 Å². The van der Waals surface area contributed by atoms with Crippen LogP contribution in [0.1, 0.15) is 30.0 Å². The summed E-state index contributed by atoms with van der Waals surface area (Å²) in [6, 6.07) is 14.0. The molecule has 0 bridgehead atoms. The average molecular weight is 364 g/mol. The van der Waals surface area contributed by atoms with Crippen molar-refractivity contribution in [2.45, 2.75) is 25.3 Å². The van der Waals surface area contributed by atoms with Crippen LogP contribution in [0.4, 0.5) is 5.69 Å². The third-order valence-corrected chi connectivity index (χ3v) is 5.17. The largest absolute Gasteiger partial charge is 0.323 e. The fourth-order valence-corrected chi connectivity index (χ4v) is 3.77. The van der Waals surface area contributed by atoms with E-state index in [-0.39, 0.29) is 5.91 Å². The predicted molar refractivity (Wildman–Crippen MR) is 99.0 cm³/mol. The Kier molecular flexibility index (Phi) is 5.44. The van der Waals surface area contributed by atoms with Gasteiger partial charge in [0.25, 0.3) is 5.91 Å². The van der Waals surface area contributed by atoms with E-state index in [9.17, 15) is 4.79 Å². The van der Waals surface area contributed by atoms with E-state index in [1.165, 1.54) is 22.4 Å². The van der Waals surface area contributed by atoms with Gasteiger partial charge in [0.2, 0.25) is 0 Å². The Hall–Kier alpha value is -1.55. The number of fused-ring (bicyclic) bond motifs is 1. The molecule has 0 aromatic heterocycles. The summed E-state index contributed by atoms with van der Waals surface area (Å²) in [7, 11) is 2.08. The summed E-state index contributed by atoms with van der Waals surface area (Å²) in [5, 5.41) is 3.92. The molecule has 2 N–H and O–H groups in total. The van der Waals surface area contributed by atoms with Crippen molar-refractivity contribution in [2.75, 3.05) is 18.9 Å². The lowest BCUT2D eigenvalue weighted by atomic mass is 9.87. The second kappa shape index (κ2) is 7.56. The standard InChI is InChI=1S/C19H20Cl2N2O/c1-23(18-8-4-6-13-5-2-3-7-15(13)18)12-19(24)22-17-11-14(20)9-10-16(17)21/h2-3,5,7,9-11,18H,4,6,8,12H2,1H3,(H,22,24)/p+1/t18-/m0/s1. The van der Waals surface area contributed by atoms with E-state index in [0.29, 0.717) is 28.3 Å². The highest BCUT2D eigenvalue weighted by Crippen LogP contribution is 2.27. The fraction of sp³-hybridized carbons (Fsp3) is 0.316.